The van der Waals surface area contributed by atoms with E-state index in [1.54, 1.807) is 23.6 Å². The van der Waals surface area contributed by atoms with Crippen LogP contribution in [0.15, 0.2) is 35.1 Å². The van der Waals surface area contributed by atoms with Crippen molar-refractivity contribution in [2.24, 2.45) is 0 Å². The Bertz CT molecular complexity index is 702. The standard InChI is InChI=1S/C16H19FN2O2/c1-11-8-15(20)19(16(2,3)4)14(18-11)10-21-13-7-5-6-12(17)9-13/h5-9H,10H2,1-4H3. The van der Waals surface area contributed by atoms with Gasteiger partial charge >= 0.3 is 0 Å². The first-order valence-electron chi connectivity index (χ1n) is 6.76. The molecule has 1 aromatic carbocycles. The van der Waals surface area contributed by atoms with Gasteiger partial charge in [0.15, 0.2) is 0 Å². The van der Waals surface area contributed by atoms with E-state index in [4.69, 9.17) is 4.74 Å². The lowest BCUT2D eigenvalue weighted by molar-refractivity contribution is 0.262. The highest BCUT2D eigenvalue weighted by molar-refractivity contribution is 5.22. The lowest BCUT2D eigenvalue weighted by Crippen LogP contribution is -2.37. The van der Waals surface area contributed by atoms with Crippen LogP contribution in [0.5, 0.6) is 5.75 Å². The molecule has 0 amide bonds. The third kappa shape index (κ3) is 3.68. The van der Waals surface area contributed by atoms with Gasteiger partial charge in [-0.25, -0.2) is 9.37 Å². The third-order valence-corrected chi connectivity index (χ3v) is 2.95. The maximum absolute atomic E-state index is 13.1. The zero-order chi connectivity index (χ0) is 15.6. The highest BCUT2D eigenvalue weighted by atomic mass is 19.1. The number of aromatic nitrogens is 2. The van der Waals surface area contributed by atoms with Gasteiger partial charge in [0.2, 0.25) is 0 Å². The van der Waals surface area contributed by atoms with Crippen LogP contribution in [0, 0.1) is 12.7 Å². The Morgan fingerprint density at radius 1 is 1.29 bits per heavy atom. The maximum atomic E-state index is 13.1. The van der Waals surface area contributed by atoms with Gasteiger partial charge in [0, 0.05) is 23.4 Å². The third-order valence-electron chi connectivity index (χ3n) is 2.95. The Balaban J connectivity index is 2.33. The topological polar surface area (TPSA) is 44.1 Å². The minimum absolute atomic E-state index is 0.109. The smallest absolute Gasteiger partial charge is 0.254 e. The second-order valence-corrected chi connectivity index (χ2v) is 5.90. The maximum Gasteiger partial charge on any atom is 0.254 e. The first-order valence-corrected chi connectivity index (χ1v) is 6.76. The van der Waals surface area contributed by atoms with Gasteiger partial charge in [0.25, 0.3) is 5.56 Å². The predicted molar refractivity (Wildman–Crippen MR) is 79.0 cm³/mol. The fraction of sp³-hybridized carbons (Fsp3) is 0.375. The molecule has 0 bridgehead atoms. The number of hydrogen-bond acceptors (Lipinski definition) is 3. The van der Waals surface area contributed by atoms with E-state index in [9.17, 15) is 9.18 Å². The van der Waals surface area contributed by atoms with Crippen molar-refractivity contribution >= 4 is 0 Å². The summed E-state index contributed by atoms with van der Waals surface area (Å²) in [4.78, 5) is 16.6. The quantitative estimate of drug-likeness (QED) is 0.872. The molecule has 1 heterocycles. The lowest BCUT2D eigenvalue weighted by Gasteiger charge is -2.25. The molecule has 1 aromatic heterocycles. The molecule has 0 aliphatic rings. The summed E-state index contributed by atoms with van der Waals surface area (Å²) < 4.78 is 20.3. The number of halogens is 1. The van der Waals surface area contributed by atoms with Crippen LogP contribution < -0.4 is 10.3 Å². The number of benzene rings is 1. The van der Waals surface area contributed by atoms with Crippen molar-refractivity contribution in [1.29, 1.82) is 0 Å². The molecule has 21 heavy (non-hydrogen) atoms. The summed E-state index contributed by atoms with van der Waals surface area (Å²) in [6.45, 7) is 7.66. The molecular formula is C16H19FN2O2. The van der Waals surface area contributed by atoms with Gasteiger partial charge in [-0.2, -0.15) is 0 Å². The minimum Gasteiger partial charge on any atom is -0.486 e. The van der Waals surface area contributed by atoms with E-state index >= 15 is 0 Å². The van der Waals surface area contributed by atoms with Crippen LogP contribution >= 0.6 is 0 Å². The molecule has 0 unspecified atom stereocenters. The number of ether oxygens (including phenoxy) is 1. The fourth-order valence-corrected chi connectivity index (χ4v) is 2.18. The molecule has 0 saturated carbocycles. The average Bonchev–Trinajstić information content (AvgIpc) is 2.33. The van der Waals surface area contributed by atoms with Gasteiger partial charge in [0.1, 0.15) is 24.0 Å². The molecule has 0 radical (unpaired) electrons. The molecule has 2 aromatic rings. The molecule has 0 fully saturated rings. The van der Waals surface area contributed by atoms with E-state index in [-0.39, 0.29) is 18.0 Å². The molecule has 0 saturated heterocycles. The molecule has 0 aliphatic heterocycles. The van der Waals surface area contributed by atoms with Crippen LogP contribution in [0.1, 0.15) is 32.3 Å². The van der Waals surface area contributed by atoms with E-state index < -0.39 is 5.54 Å². The summed E-state index contributed by atoms with van der Waals surface area (Å²) in [5, 5.41) is 0. The van der Waals surface area contributed by atoms with Gasteiger partial charge in [-0.05, 0) is 39.8 Å². The molecule has 0 atom stereocenters. The first-order chi connectivity index (χ1) is 9.77. The second-order valence-electron chi connectivity index (χ2n) is 5.90. The summed E-state index contributed by atoms with van der Waals surface area (Å²) in [6.07, 6.45) is 0. The van der Waals surface area contributed by atoms with Crippen molar-refractivity contribution in [1.82, 2.24) is 9.55 Å². The molecule has 2 rings (SSSR count). The monoisotopic (exact) mass is 290 g/mol. The highest BCUT2D eigenvalue weighted by Gasteiger charge is 2.20. The van der Waals surface area contributed by atoms with Crippen molar-refractivity contribution in [3.63, 3.8) is 0 Å². The van der Waals surface area contributed by atoms with E-state index in [0.717, 1.165) is 0 Å². The first kappa shape index (κ1) is 15.2. The van der Waals surface area contributed by atoms with Gasteiger partial charge < -0.3 is 4.74 Å². The van der Waals surface area contributed by atoms with Gasteiger partial charge in [0.05, 0.1) is 0 Å². The molecule has 0 aliphatic carbocycles. The van der Waals surface area contributed by atoms with Crippen LogP contribution in [-0.4, -0.2) is 9.55 Å². The Labute approximate surface area is 123 Å². The Morgan fingerprint density at radius 2 is 2.00 bits per heavy atom. The predicted octanol–water partition coefficient (Wildman–Crippen LogP) is 3.02. The van der Waals surface area contributed by atoms with Gasteiger partial charge in [-0.1, -0.05) is 6.07 Å². The zero-order valence-electron chi connectivity index (χ0n) is 12.7. The van der Waals surface area contributed by atoms with E-state index in [1.807, 2.05) is 20.8 Å². The fourth-order valence-electron chi connectivity index (χ4n) is 2.18. The molecule has 0 N–H and O–H groups in total. The van der Waals surface area contributed by atoms with E-state index in [1.165, 1.54) is 18.2 Å². The van der Waals surface area contributed by atoms with Crippen LogP contribution in [0.3, 0.4) is 0 Å². The summed E-state index contributed by atoms with van der Waals surface area (Å²) in [6, 6.07) is 7.39. The second kappa shape index (κ2) is 5.68. The number of rotatable bonds is 3. The van der Waals surface area contributed by atoms with Crippen molar-refractivity contribution in [2.75, 3.05) is 0 Å². The van der Waals surface area contributed by atoms with E-state index in [0.29, 0.717) is 17.3 Å². The van der Waals surface area contributed by atoms with Crippen LogP contribution in [-0.2, 0) is 12.1 Å². The largest absolute Gasteiger partial charge is 0.486 e. The van der Waals surface area contributed by atoms with Crippen LogP contribution in [0.25, 0.3) is 0 Å². The Kier molecular flexibility index (Phi) is 4.11. The molecule has 5 heteroatoms. The summed E-state index contributed by atoms with van der Waals surface area (Å²) >= 11 is 0. The molecule has 0 spiro atoms. The SMILES string of the molecule is Cc1cc(=O)n(C(C)(C)C)c(COc2cccc(F)c2)n1. The van der Waals surface area contributed by atoms with Crippen molar-refractivity contribution < 1.29 is 9.13 Å². The van der Waals surface area contributed by atoms with Crippen molar-refractivity contribution in [3.8, 4) is 5.75 Å². The lowest BCUT2D eigenvalue weighted by atomic mass is 10.1. The normalized spacial score (nSPS) is 11.5. The Hall–Kier alpha value is -2.17. The number of nitrogens with zero attached hydrogens (tertiary/aromatic N) is 2. The summed E-state index contributed by atoms with van der Waals surface area (Å²) in [5.74, 6) is 0.570. The number of aryl methyl sites for hydroxylation is 1. The van der Waals surface area contributed by atoms with Gasteiger partial charge in [-0.15, -0.1) is 0 Å². The average molecular weight is 290 g/mol. The number of hydrogen-bond donors (Lipinski definition) is 0. The van der Waals surface area contributed by atoms with Crippen LogP contribution in [0.4, 0.5) is 4.39 Å². The summed E-state index contributed by atoms with van der Waals surface area (Å²) in [5.41, 5.74) is 0.115. The molecular weight excluding hydrogens is 271 g/mol. The Morgan fingerprint density at radius 3 is 2.62 bits per heavy atom. The van der Waals surface area contributed by atoms with Crippen molar-refractivity contribution in [3.05, 3.63) is 58.0 Å². The highest BCUT2D eigenvalue weighted by Crippen LogP contribution is 2.17. The molecule has 4 nitrogen and oxygen atoms in total. The van der Waals surface area contributed by atoms with Crippen molar-refractivity contribution in [2.45, 2.75) is 39.8 Å². The summed E-state index contributed by atoms with van der Waals surface area (Å²) in [7, 11) is 0. The van der Waals surface area contributed by atoms with Gasteiger partial charge in [-0.3, -0.25) is 9.36 Å². The van der Waals surface area contributed by atoms with Crippen LogP contribution in [0.2, 0.25) is 0 Å². The zero-order valence-corrected chi connectivity index (χ0v) is 12.7. The van der Waals surface area contributed by atoms with E-state index in [2.05, 4.69) is 4.98 Å². The minimum atomic E-state index is -0.404. The molecule has 112 valence electrons.